The third-order valence-electron chi connectivity index (χ3n) is 5.68. The summed E-state index contributed by atoms with van der Waals surface area (Å²) in [7, 11) is 0.0763. The number of anilines is 2. The summed E-state index contributed by atoms with van der Waals surface area (Å²) in [6.45, 7) is 0.485. The van der Waals surface area contributed by atoms with E-state index >= 15 is 0 Å². The molecule has 4 aromatic rings. The van der Waals surface area contributed by atoms with Gasteiger partial charge in [0.25, 0.3) is 5.56 Å². The first-order valence-corrected chi connectivity index (χ1v) is 12.1. The van der Waals surface area contributed by atoms with E-state index in [9.17, 15) is 13.2 Å². The van der Waals surface area contributed by atoms with Crippen LogP contribution in [0.1, 0.15) is 11.1 Å². The lowest BCUT2D eigenvalue weighted by atomic mass is 9.99. The summed E-state index contributed by atoms with van der Waals surface area (Å²) in [5.41, 5.74) is 4.64. The number of nitrogens with zero attached hydrogens (tertiary/aromatic N) is 3. The summed E-state index contributed by atoms with van der Waals surface area (Å²) in [4.78, 5) is 22.6. The fourth-order valence-corrected chi connectivity index (χ4v) is 5.10. The van der Waals surface area contributed by atoms with Crippen molar-refractivity contribution in [2.75, 3.05) is 18.3 Å². The van der Waals surface area contributed by atoms with Gasteiger partial charge in [0.2, 0.25) is 5.88 Å². The smallest absolute Gasteiger partial charge is 0.274 e. The number of nitrogens with one attached hydrogen (secondary N) is 1. The molecule has 1 aliphatic heterocycles. The van der Waals surface area contributed by atoms with Crippen LogP contribution in [-0.2, 0) is 29.2 Å². The van der Waals surface area contributed by atoms with Crippen molar-refractivity contribution in [1.29, 1.82) is 0 Å². The fraction of sp³-hybridized carbons (Fsp3) is 0.217. The highest BCUT2D eigenvalue weighted by Gasteiger charge is 2.26. The summed E-state index contributed by atoms with van der Waals surface area (Å²) >= 11 is 0. The predicted octanol–water partition coefficient (Wildman–Crippen LogP) is 3.13. The minimum Gasteiger partial charge on any atom is -0.481 e. The van der Waals surface area contributed by atoms with Gasteiger partial charge in [-0.05, 0) is 29.3 Å². The first-order valence-electron chi connectivity index (χ1n) is 10.0. The molecular weight excluding hydrogens is 428 g/mol. The van der Waals surface area contributed by atoms with Crippen LogP contribution in [0.15, 0.2) is 53.6 Å². The molecule has 5 rings (SSSR count). The molecule has 0 saturated heterocycles. The summed E-state index contributed by atoms with van der Waals surface area (Å²) < 4.78 is 30.8. The molecule has 0 saturated carbocycles. The van der Waals surface area contributed by atoms with Gasteiger partial charge in [-0.2, -0.15) is 4.98 Å². The number of sulfone groups is 1. The molecule has 4 heterocycles. The topological polar surface area (TPSA) is 97.3 Å². The Bertz CT molecular complexity index is 1540. The minimum absolute atomic E-state index is 0.0629. The molecule has 32 heavy (non-hydrogen) atoms. The SMILES string of the molecule is COc1cccc(N2Cc3c[nH]c4c(=O)n(C)cc(c34)-c3cc(CS(C)(=O)=O)ccc32)n1. The standard InChI is InChI=1S/C23H22N4O4S/c1-26-12-17-16-9-14(13-32(3,29)30)7-8-18(16)27(19-5-4-6-20(25-19)31-2)11-15-10-24-22(21(15)17)23(26)28/h4-10,12,24H,11,13H2,1-3H3. The average Bonchev–Trinajstić information content (AvgIpc) is 3.12. The Balaban J connectivity index is 1.82. The molecule has 0 bridgehead atoms. The first-order chi connectivity index (χ1) is 15.2. The molecule has 1 N–H and O–H groups in total. The van der Waals surface area contributed by atoms with E-state index < -0.39 is 9.84 Å². The lowest BCUT2D eigenvalue weighted by molar-refractivity contribution is 0.398. The highest BCUT2D eigenvalue weighted by molar-refractivity contribution is 7.89. The number of fused-ring (bicyclic) bond motifs is 2. The summed E-state index contributed by atoms with van der Waals surface area (Å²) in [5, 5.41) is 0.844. The number of H-pyrrole nitrogens is 1. The maximum Gasteiger partial charge on any atom is 0.274 e. The molecule has 3 aromatic heterocycles. The molecule has 1 aliphatic rings. The Labute approximate surface area is 185 Å². The van der Waals surface area contributed by atoms with Gasteiger partial charge in [-0.25, -0.2) is 8.42 Å². The second-order valence-corrected chi connectivity index (χ2v) is 10.2. The van der Waals surface area contributed by atoms with E-state index in [4.69, 9.17) is 4.74 Å². The van der Waals surface area contributed by atoms with Gasteiger partial charge in [0.15, 0.2) is 9.84 Å². The molecular formula is C23H22N4O4S. The lowest BCUT2D eigenvalue weighted by Crippen LogP contribution is -2.17. The number of ether oxygens (including phenoxy) is 1. The zero-order chi connectivity index (χ0) is 22.6. The van der Waals surface area contributed by atoms with Gasteiger partial charge in [-0.3, -0.25) is 4.79 Å². The zero-order valence-electron chi connectivity index (χ0n) is 17.9. The van der Waals surface area contributed by atoms with Crippen molar-refractivity contribution >= 4 is 32.2 Å². The molecule has 0 unspecified atom stereocenters. The lowest BCUT2D eigenvalue weighted by Gasteiger charge is -2.25. The van der Waals surface area contributed by atoms with Crippen LogP contribution in [0.3, 0.4) is 0 Å². The molecule has 0 aliphatic carbocycles. The molecule has 0 amide bonds. The van der Waals surface area contributed by atoms with Crippen molar-refractivity contribution in [3.63, 3.8) is 0 Å². The quantitative estimate of drug-likeness (QED) is 0.513. The molecule has 8 nitrogen and oxygen atoms in total. The normalized spacial score (nSPS) is 13.2. The van der Waals surface area contributed by atoms with Crippen LogP contribution in [-0.4, -0.2) is 36.3 Å². The highest BCUT2D eigenvalue weighted by atomic mass is 32.2. The van der Waals surface area contributed by atoms with Gasteiger partial charge in [-0.15, -0.1) is 0 Å². The maximum atomic E-state index is 12.8. The number of aromatic nitrogens is 3. The molecule has 0 atom stereocenters. The Morgan fingerprint density at radius 1 is 1.19 bits per heavy atom. The van der Waals surface area contributed by atoms with Crippen molar-refractivity contribution in [2.24, 2.45) is 7.05 Å². The van der Waals surface area contributed by atoms with E-state index in [1.165, 1.54) is 6.26 Å². The predicted molar refractivity (Wildman–Crippen MR) is 124 cm³/mol. The van der Waals surface area contributed by atoms with Crippen LogP contribution in [0.25, 0.3) is 22.0 Å². The van der Waals surface area contributed by atoms with Crippen molar-refractivity contribution < 1.29 is 13.2 Å². The fourth-order valence-electron chi connectivity index (χ4n) is 4.32. The van der Waals surface area contributed by atoms with Crippen molar-refractivity contribution in [1.82, 2.24) is 14.5 Å². The van der Waals surface area contributed by atoms with Gasteiger partial charge >= 0.3 is 0 Å². The van der Waals surface area contributed by atoms with Gasteiger partial charge in [0.05, 0.1) is 25.1 Å². The maximum absolute atomic E-state index is 12.8. The largest absolute Gasteiger partial charge is 0.481 e. The highest BCUT2D eigenvalue weighted by Crippen LogP contribution is 2.43. The van der Waals surface area contributed by atoms with Gasteiger partial charge in [-0.1, -0.05) is 12.1 Å². The van der Waals surface area contributed by atoms with Crippen LogP contribution in [0.5, 0.6) is 5.88 Å². The number of aromatic amines is 1. The van der Waals surface area contributed by atoms with E-state index in [-0.39, 0.29) is 11.3 Å². The van der Waals surface area contributed by atoms with Crippen LogP contribution in [0.4, 0.5) is 11.5 Å². The number of benzene rings is 1. The summed E-state index contributed by atoms with van der Waals surface area (Å²) in [6.07, 6.45) is 4.89. The Hall–Kier alpha value is -3.59. The van der Waals surface area contributed by atoms with Crippen LogP contribution in [0.2, 0.25) is 0 Å². The second-order valence-electron chi connectivity index (χ2n) is 8.07. The van der Waals surface area contributed by atoms with Gasteiger partial charge in [0, 0.05) is 48.3 Å². The average molecular weight is 451 g/mol. The number of methoxy groups -OCH3 is 1. The van der Waals surface area contributed by atoms with E-state index in [2.05, 4.69) is 14.9 Å². The summed E-state index contributed by atoms with van der Waals surface area (Å²) in [5.74, 6) is 1.12. The number of hydrogen-bond acceptors (Lipinski definition) is 6. The van der Waals surface area contributed by atoms with Crippen LogP contribution < -0.4 is 15.2 Å². The molecule has 0 radical (unpaired) electrons. The molecule has 9 heteroatoms. The van der Waals surface area contributed by atoms with Crippen molar-refractivity contribution in [2.45, 2.75) is 12.3 Å². The minimum atomic E-state index is -3.21. The van der Waals surface area contributed by atoms with Crippen molar-refractivity contribution in [3.05, 3.63) is 70.3 Å². The monoisotopic (exact) mass is 450 g/mol. The Kier molecular flexibility index (Phi) is 4.59. The van der Waals surface area contributed by atoms with E-state index in [1.54, 1.807) is 24.8 Å². The molecule has 0 fully saturated rings. The summed E-state index contributed by atoms with van der Waals surface area (Å²) in [6, 6.07) is 11.2. The van der Waals surface area contributed by atoms with E-state index in [0.29, 0.717) is 29.3 Å². The second kappa shape index (κ2) is 7.23. The third-order valence-corrected chi connectivity index (χ3v) is 6.54. The number of aryl methyl sites for hydroxylation is 1. The zero-order valence-corrected chi connectivity index (χ0v) is 18.7. The van der Waals surface area contributed by atoms with E-state index in [1.807, 2.05) is 42.7 Å². The first kappa shape index (κ1) is 20.3. The number of pyridine rings is 2. The van der Waals surface area contributed by atoms with Gasteiger partial charge < -0.3 is 19.2 Å². The van der Waals surface area contributed by atoms with Crippen LogP contribution in [0, 0.1) is 0 Å². The van der Waals surface area contributed by atoms with Crippen molar-refractivity contribution in [3.8, 4) is 17.0 Å². The number of rotatable bonds is 4. The third kappa shape index (κ3) is 3.34. The molecule has 1 aromatic carbocycles. The Morgan fingerprint density at radius 2 is 2.00 bits per heavy atom. The van der Waals surface area contributed by atoms with Gasteiger partial charge in [0.1, 0.15) is 11.3 Å². The molecule has 0 spiro atoms. The molecule has 164 valence electrons. The Morgan fingerprint density at radius 3 is 2.75 bits per heavy atom. The number of hydrogen-bond donors (Lipinski definition) is 1. The van der Waals surface area contributed by atoms with Crippen LogP contribution >= 0.6 is 0 Å². The van der Waals surface area contributed by atoms with E-state index in [0.717, 1.165) is 27.8 Å².